The van der Waals surface area contributed by atoms with E-state index in [1.165, 1.54) is 12.1 Å². The van der Waals surface area contributed by atoms with Crippen LogP contribution in [0.5, 0.6) is 0 Å². The van der Waals surface area contributed by atoms with Crippen molar-refractivity contribution >= 4 is 5.69 Å². The highest BCUT2D eigenvalue weighted by atomic mass is 16.6. The summed E-state index contributed by atoms with van der Waals surface area (Å²) in [5.41, 5.74) is 1.21. The van der Waals surface area contributed by atoms with Crippen molar-refractivity contribution in [2.45, 2.75) is 20.3 Å². The molecule has 1 rings (SSSR count). The molecule has 0 aliphatic carbocycles. The second kappa shape index (κ2) is 5.16. The zero-order valence-corrected chi connectivity index (χ0v) is 8.86. The van der Waals surface area contributed by atoms with Gasteiger partial charge < -0.3 is 0 Å². The quantitative estimate of drug-likeness (QED) is 0.430. The average molecular weight is 203 g/mol. The fraction of sp³-hybridized carbons (Fsp3) is 0.333. The smallest absolute Gasteiger partial charge is 0.258 e. The van der Waals surface area contributed by atoms with E-state index in [0.717, 1.165) is 12.0 Å². The predicted molar refractivity (Wildman–Crippen MR) is 59.4 cm³/mol. The molecule has 0 saturated carbocycles. The van der Waals surface area contributed by atoms with Crippen LogP contribution in [0.15, 0.2) is 24.3 Å². The van der Waals surface area contributed by atoms with Crippen LogP contribution >= 0.6 is 0 Å². The van der Waals surface area contributed by atoms with Crippen LogP contribution in [0.3, 0.4) is 0 Å². The Bertz CT molecular complexity index is 398. The highest BCUT2D eigenvalue weighted by molar-refractivity contribution is 5.33. The molecular weight excluding hydrogens is 190 g/mol. The molecule has 0 amide bonds. The first-order valence-electron chi connectivity index (χ1n) is 4.79. The minimum absolute atomic E-state index is 0.132. The number of nitro groups is 1. The fourth-order valence-electron chi connectivity index (χ4n) is 1.40. The van der Waals surface area contributed by atoms with Gasteiger partial charge in [0, 0.05) is 18.1 Å². The van der Waals surface area contributed by atoms with E-state index in [4.69, 9.17) is 0 Å². The maximum atomic E-state index is 10.4. The van der Waals surface area contributed by atoms with E-state index in [0.29, 0.717) is 0 Å². The summed E-state index contributed by atoms with van der Waals surface area (Å²) in [4.78, 5) is 10.0. The van der Waals surface area contributed by atoms with Gasteiger partial charge in [-0.05, 0) is 18.9 Å². The number of non-ortho nitro benzene ring substituents is 1. The Hall–Kier alpha value is -1.82. The van der Waals surface area contributed by atoms with E-state index < -0.39 is 0 Å². The van der Waals surface area contributed by atoms with Crippen molar-refractivity contribution in [1.82, 2.24) is 0 Å². The molecule has 0 radical (unpaired) electrons. The van der Waals surface area contributed by atoms with Gasteiger partial charge >= 0.3 is 0 Å². The number of hydrogen-bond acceptors (Lipinski definition) is 2. The molecule has 0 N–H and O–H groups in total. The van der Waals surface area contributed by atoms with Crippen molar-refractivity contribution in [2.75, 3.05) is 0 Å². The van der Waals surface area contributed by atoms with Gasteiger partial charge in [0.15, 0.2) is 0 Å². The molecule has 0 aromatic heterocycles. The van der Waals surface area contributed by atoms with E-state index in [9.17, 15) is 10.1 Å². The Balaban J connectivity index is 2.71. The topological polar surface area (TPSA) is 43.1 Å². The maximum absolute atomic E-state index is 10.4. The SMILES string of the molecule is CC#CC(C)Cc1ccc([N+](=O)[O-])cc1. The molecule has 0 aliphatic heterocycles. The summed E-state index contributed by atoms with van der Waals surface area (Å²) in [5, 5.41) is 10.4. The Labute approximate surface area is 89.3 Å². The monoisotopic (exact) mass is 203 g/mol. The van der Waals surface area contributed by atoms with Crippen LogP contribution in [0.25, 0.3) is 0 Å². The fourth-order valence-corrected chi connectivity index (χ4v) is 1.40. The van der Waals surface area contributed by atoms with Crippen molar-refractivity contribution in [3.63, 3.8) is 0 Å². The Morgan fingerprint density at radius 1 is 1.40 bits per heavy atom. The summed E-state index contributed by atoms with van der Waals surface area (Å²) >= 11 is 0. The molecule has 78 valence electrons. The minimum atomic E-state index is -0.390. The van der Waals surface area contributed by atoms with Crippen molar-refractivity contribution in [3.8, 4) is 11.8 Å². The Morgan fingerprint density at radius 3 is 2.47 bits per heavy atom. The molecule has 0 bridgehead atoms. The molecule has 1 aromatic rings. The maximum Gasteiger partial charge on any atom is 0.269 e. The van der Waals surface area contributed by atoms with Crippen molar-refractivity contribution in [1.29, 1.82) is 0 Å². The number of nitro benzene ring substituents is 1. The number of nitrogens with zero attached hydrogens (tertiary/aromatic N) is 1. The molecule has 1 atom stereocenters. The molecule has 1 aromatic carbocycles. The summed E-state index contributed by atoms with van der Waals surface area (Å²) < 4.78 is 0. The van der Waals surface area contributed by atoms with Crippen LogP contribution < -0.4 is 0 Å². The second-order valence-electron chi connectivity index (χ2n) is 3.42. The third-order valence-corrected chi connectivity index (χ3v) is 2.08. The molecule has 0 saturated heterocycles. The van der Waals surface area contributed by atoms with Crippen LogP contribution in [0.4, 0.5) is 5.69 Å². The van der Waals surface area contributed by atoms with E-state index in [1.54, 1.807) is 12.1 Å². The predicted octanol–water partition coefficient (Wildman–Crippen LogP) is 2.80. The lowest BCUT2D eigenvalue weighted by atomic mass is 10.0. The lowest BCUT2D eigenvalue weighted by Gasteiger charge is -2.03. The summed E-state index contributed by atoms with van der Waals surface area (Å²) in [6.07, 6.45) is 0.832. The molecule has 0 heterocycles. The molecular formula is C12H13NO2. The molecule has 3 heteroatoms. The third-order valence-electron chi connectivity index (χ3n) is 2.08. The van der Waals surface area contributed by atoms with E-state index >= 15 is 0 Å². The summed E-state index contributed by atoms with van der Waals surface area (Å²) in [6.45, 7) is 3.85. The van der Waals surface area contributed by atoms with Gasteiger partial charge in [0.25, 0.3) is 5.69 Å². The zero-order valence-electron chi connectivity index (χ0n) is 8.86. The van der Waals surface area contributed by atoms with Gasteiger partial charge in [0.1, 0.15) is 0 Å². The molecule has 3 nitrogen and oxygen atoms in total. The number of benzene rings is 1. The minimum Gasteiger partial charge on any atom is -0.258 e. The zero-order chi connectivity index (χ0) is 11.3. The van der Waals surface area contributed by atoms with E-state index in [1.807, 2.05) is 13.8 Å². The van der Waals surface area contributed by atoms with Gasteiger partial charge in [-0.3, -0.25) is 10.1 Å². The van der Waals surface area contributed by atoms with Gasteiger partial charge in [0.05, 0.1) is 4.92 Å². The van der Waals surface area contributed by atoms with Gasteiger partial charge in [-0.25, -0.2) is 0 Å². The van der Waals surface area contributed by atoms with Gasteiger partial charge in [-0.15, -0.1) is 11.8 Å². The van der Waals surface area contributed by atoms with Crippen molar-refractivity contribution in [2.24, 2.45) is 5.92 Å². The van der Waals surface area contributed by atoms with Crippen LogP contribution in [-0.2, 0) is 6.42 Å². The summed E-state index contributed by atoms with van der Waals surface area (Å²) in [6, 6.07) is 6.63. The summed E-state index contributed by atoms with van der Waals surface area (Å²) in [7, 11) is 0. The Morgan fingerprint density at radius 2 is 2.00 bits per heavy atom. The molecule has 15 heavy (non-hydrogen) atoms. The number of rotatable bonds is 3. The second-order valence-corrected chi connectivity index (χ2v) is 3.42. The van der Waals surface area contributed by atoms with Crippen molar-refractivity contribution < 1.29 is 4.92 Å². The molecule has 1 unspecified atom stereocenters. The van der Waals surface area contributed by atoms with Crippen molar-refractivity contribution in [3.05, 3.63) is 39.9 Å². The van der Waals surface area contributed by atoms with E-state index in [-0.39, 0.29) is 16.5 Å². The molecule has 0 aliphatic rings. The molecule has 0 fully saturated rings. The summed E-state index contributed by atoms with van der Waals surface area (Å²) in [5.74, 6) is 6.19. The average Bonchev–Trinajstić information content (AvgIpc) is 2.18. The van der Waals surface area contributed by atoms with Gasteiger partial charge in [-0.2, -0.15) is 0 Å². The van der Waals surface area contributed by atoms with Gasteiger partial charge in [0.2, 0.25) is 0 Å². The first-order valence-corrected chi connectivity index (χ1v) is 4.79. The first kappa shape index (κ1) is 11.3. The first-order chi connectivity index (χ1) is 7.13. The lowest BCUT2D eigenvalue weighted by Crippen LogP contribution is -1.96. The van der Waals surface area contributed by atoms with Crippen LogP contribution in [0, 0.1) is 27.9 Å². The Kier molecular flexibility index (Phi) is 3.87. The lowest BCUT2D eigenvalue weighted by molar-refractivity contribution is -0.384. The highest BCUT2D eigenvalue weighted by Gasteiger charge is 2.05. The third kappa shape index (κ3) is 3.43. The normalized spacial score (nSPS) is 11.3. The van der Waals surface area contributed by atoms with Crippen LogP contribution in [0.2, 0.25) is 0 Å². The van der Waals surface area contributed by atoms with E-state index in [2.05, 4.69) is 11.8 Å². The highest BCUT2D eigenvalue weighted by Crippen LogP contribution is 2.14. The van der Waals surface area contributed by atoms with Gasteiger partial charge in [-0.1, -0.05) is 19.1 Å². The molecule has 0 spiro atoms. The van der Waals surface area contributed by atoms with Crippen LogP contribution in [-0.4, -0.2) is 4.92 Å². The standard InChI is InChI=1S/C12H13NO2/c1-3-4-10(2)9-11-5-7-12(8-6-11)13(14)15/h5-8,10H,9H2,1-2H3. The van der Waals surface area contributed by atoms with Crippen LogP contribution in [0.1, 0.15) is 19.4 Å². The largest absolute Gasteiger partial charge is 0.269 e. The number of hydrogen-bond donors (Lipinski definition) is 0.